The molecule has 0 saturated heterocycles. The van der Waals surface area contributed by atoms with Crippen molar-refractivity contribution >= 4 is 0 Å². The van der Waals surface area contributed by atoms with Crippen molar-refractivity contribution < 1.29 is 9.47 Å². The van der Waals surface area contributed by atoms with Crippen LogP contribution in [0.5, 0.6) is 5.75 Å². The van der Waals surface area contributed by atoms with Crippen LogP contribution >= 0.6 is 0 Å². The first-order chi connectivity index (χ1) is 8.33. The lowest BCUT2D eigenvalue weighted by Crippen LogP contribution is -2.31. The maximum Gasteiger partial charge on any atom is 0.124 e. The third kappa shape index (κ3) is 4.34. The van der Waals surface area contributed by atoms with E-state index in [9.17, 15) is 0 Å². The van der Waals surface area contributed by atoms with Crippen LogP contribution in [-0.2, 0) is 4.74 Å². The van der Waals surface area contributed by atoms with Crippen molar-refractivity contribution in [2.24, 2.45) is 5.84 Å². The first kappa shape index (κ1) is 14.0. The summed E-state index contributed by atoms with van der Waals surface area (Å²) in [5, 5.41) is 0. The summed E-state index contributed by atoms with van der Waals surface area (Å²) >= 11 is 0. The second-order valence-electron chi connectivity index (χ2n) is 3.77. The number of nitrogens with two attached hydrogens (primary N) is 1. The summed E-state index contributed by atoms with van der Waals surface area (Å²) in [6, 6.07) is 7.84. The molecular formula is C13H22N2O2. The van der Waals surface area contributed by atoms with Crippen LogP contribution < -0.4 is 16.0 Å². The Balaban J connectivity index is 2.72. The second-order valence-corrected chi connectivity index (χ2v) is 3.77. The number of hydrazine groups is 1. The zero-order valence-corrected chi connectivity index (χ0v) is 10.6. The van der Waals surface area contributed by atoms with Gasteiger partial charge in [0.05, 0.1) is 19.3 Å². The van der Waals surface area contributed by atoms with Crippen LogP contribution in [0.4, 0.5) is 0 Å². The maximum absolute atomic E-state index is 5.57. The van der Waals surface area contributed by atoms with E-state index >= 15 is 0 Å². The Hall–Kier alpha value is -1.10. The highest BCUT2D eigenvalue weighted by Crippen LogP contribution is 2.24. The highest BCUT2D eigenvalue weighted by Gasteiger charge is 2.14. The number of nitrogens with one attached hydrogen (secondary N) is 1. The molecule has 1 rings (SSSR count). The molecule has 96 valence electrons. The monoisotopic (exact) mass is 238 g/mol. The van der Waals surface area contributed by atoms with E-state index in [1.807, 2.05) is 31.2 Å². The smallest absolute Gasteiger partial charge is 0.124 e. The molecule has 0 spiro atoms. The third-order valence-electron chi connectivity index (χ3n) is 2.43. The standard InChI is InChI=1S/C13H22N2O2/c1-3-9-16-10-12(15-14)11-7-5-6-8-13(11)17-4-2/h5-8,12,15H,3-4,9-10,14H2,1-2H3. The van der Waals surface area contributed by atoms with Crippen LogP contribution in [-0.4, -0.2) is 19.8 Å². The Labute approximate surface area is 103 Å². The van der Waals surface area contributed by atoms with Crippen molar-refractivity contribution in [2.75, 3.05) is 19.8 Å². The zero-order chi connectivity index (χ0) is 12.5. The molecule has 0 aliphatic rings. The largest absolute Gasteiger partial charge is 0.494 e. The quantitative estimate of drug-likeness (QED) is 0.413. The molecule has 1 aromatic carbocycles. The Morgan fingerprint density at radius 3 is 2.71 bits per heavy atom. The van der Waals surface area contributed by atoms with Crippen LogP contribution in [0.25, 0.3) is 0 Å². The number of rotatable bonds is 8. The topological polar surface area (TPSA) is 56.5 Å². The zero-order valence-electron chi connectivity index (χ0n) is 10.6. The number of benzene rings is 1. The maximum atomic E-state index is 5.57. The molecule has 0 aromatic heterocycles. The Bertz CT molecular complexity index is 318. The summed E-state index contributed by atoms with van der Waals surface area (Å²) < 4.78 is 11.1. The fourth-order valence-corrected chi connectivity index (χ4v) is 1.63. The number of para-hydroxylation sites is 1. The fourth-order valence-electron chi connectivity index (χ4n) is 1.63. The van der Waals surface area contributed by atoms with E-state index in [0.29, 0.717) is 13.2 Å². The summed E-state index contributed by atoms with van der Waals surface area (Å²) in [5.74, 6) is 6.43. The predicted octanol–water partition coefficient (Wildman–Crippen LogP) is 2.02. The number of ether oxygens (including phenoxy) is 2. The van der Waals surface area contributed by atoms with Crippen LogP contribution in [0.1, 0.15) is 31.9 Å². The summed E-state index contributed by atoms with van der Waals surface area (Å²) in [6.45, 7) is 5.99. The van der Waals surface area contributed by atoms with Gasteiger partial charge in [-0.05, 0) is 19.4 Å². The number of hydrogen-bond acceptors (Lipinski definition) is 4. The minimum Gasteiger partial charge on any atom is -0.494 e. The molecule has 17 heavy (non-hydrogen) atoms. The van der Waals surface area contributed by atoms with E-state index in [0.717, 1.165) is 24.3 Å². The van der Waals surface area contributed by atoms with E-state index in [1.54, 1.807) is 0 Å². The second kappa shape index (κ2) is 8.06. The Morgan fingerprint density at radius 2 is 2.06 bits per heavy atom. The first-order valence-corrected chi connectivity index (χ1v) is 6.09. The van der Waals surface area contributed by atoms with Gasteiger partial charge in [0.2, 0.25) is 0 Å². The Morgan fingerprint density at radius 1 is 1.29 bits per heavy atom. The molecule has 0 radical (unpaired) electrons. The minimum atomic E-state index is -0.0377. The molecule has 0 aliphatic carbocycles. The van der Waals surface area contributed by atoms with Gasteiger partial charge >= 0.3 is 0 Å². The van der Waals surface area contributed by atoms with E-state index in [1.165, 1.54) is 0 Å². The summed E-state index contributed by atoms with van der Waals surface area (Å²) in [7, 11) is 0. The van der Waals surface area contributed by atoms with Gasteiger partial charge in [0.15, 0.2) is 0 Å². The lowest BCUT2D eigenvalue weighted by molar-refractivity contribution is 0.111. The predicted molar refractivity (Wildman–Crippen MR) is 68.8 cm³/mol. The van der Waals surface area contributed by atoms with Gasteiger partial charge in [-0.1, -0.05) is 25.1 Å². The molecule has 3 N–H and O–H groups in total. The van der Waals surface area contributed by atoms with Crippen molar-refractivity contribution in [1.29, 1.82) is 0 Å². The molecule has 0 amide bonds. The number of hydrogen-bond donors (Lipinski definition) is 2. The van der Waals surface area contributed by atoms with Gasteiger partial charge in [0.1, 0.15) is 5.75 Å². The normalized spacial score (nSPS) is 12.4. The molecule has 1 unspecified atom stereocenters. The SMILES string of the molecule is CCCOCC(NN)c1ccccc1OCC. The van der Waals surface area contributed by atoms with Gasteiger partial charge in [-0.25, -0.2) is 0 Å². The van der Waals surface area contributed by atoms with Crippen molar-refractivity contribution in [3.63, 3.8) is 0 Å². The molecule has 0 bridgehead atoms. The van der Waals surface area contributed by atoms with E-state index in [4.69, 9.17) is 15.3 Å². The van der Waals surface area contributed by atoms with E-state index in [2.05, 4.69) is 12.3 Å². The fraction of sp³-hybridized carbons (Fsp3) is 0.538. The first-order valence-electron chi connectivity index (χ1n) is 6.09. The van der Waals surface area contributed by atoms with Crippen molar-refractivity contribution in [2.45, 2.75) is 26.3 Å². The molecule has 1 aromatic rings. The van der Waals surface area contributed by atoms with E-state index < -0.39 is 0 Å². The molecule has 4 nitrogen and oxygen atoms in total. The molecule has 0 fully saturated rings. The van der Waals surface area contributed by atoms with Gasteiger partial charge < -0.3 is 9.47 Å². The minimum absolute atomic E-state index is 0.0377. The highest BCUT2D eigenvalue weighted by molar-refractivity contribution is 5.35. The lowest BCUT2D eigenvalue weighted by Gasteiger charge is -2.19. The van der Waals surface area contributed by atoms with Gasteiger partial charge in [-0.2, -0.15) is 0 Å². The average molecular weight is 238 g/mol. The van der Waals surface area contributed by atoms with Gasteiger partial charge in [-0.15, -0.1) is 0 Å². The van der Waals surface area contributed by atoms with Crippen molar-refractivity contribution in [3.8, 4) is 5.75 Å². The van der Waals surface area contributed by atoms with Crippen LogP contribution in [0, 0.1) is 0 Å². The van der Waals surface area contributed by atoms with Gasteiger partial charge in [-0.3, -0.25) is 11.3 Å². The van der Waals surface area contributed by atoms with Crippen molar-refractivity contribution in [1.82, 2.24) is 5.43 Å². The highest BCUT2D eigenvalue weighted by atomic mass is 16.5. The van der Waals surface area contributed by atoms with Crippen molar-refractivity contribution in [3.05, 3.63) is 29.8 Å². The van der Waals surface area contributed by atoms with Crippen LogP contribution in [0.15, 0.2) is 24.3 Å². The van der Waals surface area contributed by atoms with E-state index in [-0.39, 0.29) is 6.04 Å². The molecule has 0 heterocycles. The lowest BCUT2D eigenvalue weighted by atomic mass is 10.1. The molecule has 1 atom stereocenters. The third-order valence-corrected chi connectivity index (χ3v) is 2.43. The van der Waals surface area contributed by atoms with Gasteiger partial charge in [0.25, 0.3) is 0 Å². The summed E-state index contributed by atoms with van der Waals surface area (Å²) in [5.41, 5.74) is 3.81. The van der Waals surface area contributed by atoms with Gasteiger partial charge in [0, 0.05) is 12.2 Å². The molecule has 4 heteroatoms. The average Bonchev–Trinajstić information content (AvgIpc) is 2.36. The van der Waals surface area contributed by atoms with Crippen LogP contribution in [0.2, 0.25) is 0 Å². The Kier molecular flexibility index (Phi) is 6.62. The van der Waals surface area contributed by atoms with Crippen LogP contribution in [0.3, 0.4) is 0 Å². The molecular weight excluding hydrogens is 216 g/mol. The molecule has 0 aliphatic heterocycles. The summed E-state index contributed by atoms with van der Waals surface area (Å²) in [4.78, 5) is 0. The summed E-state index contributed by atoms with van der Waals surface area (Å²) in [6.07, 6.45) is 1.00. The molecule has 0 saturated carbocycles.